The maximum absolute atomic E-state index is 12.8. The highest BCUT2D eigenvalue weighted by atomic mass is 32.2. The van der Waals surface area contributed by atoms with Gasteiger partial charge in [0.2, 0.25) is 10.0 Å². The molecule has 0 atom stereocenters. The van der Waals surface area contributed by atoms with Crippen LogP contribution in [0.4, 0.5) is 0 Å². The van der Waals surface area contributed by atoms with Crippen molar-refractivity contribution in [2.75, 3.05) is 19.7 Å². The first-order valence-electron chi connectivity index (χ1n) is 8.36. The van der Waals surface area contributed by atoms with Crippen LogP contribution in [0.1, 0.15) is 12.0 Å². The van der Waals surface area contributed by atoms with Crippen molar-refractivity contribution in [3.05, 3.63) is 71.7 Å². The second-order valence-electron chi connectivity index (χ2n) is 5.98. The Hall–Kier alpha value is -2.26. The number of hydrazine groups is 1. The van der Waals surface area contributed by atoms with Gasteiger partial charge in [-0.1, -0.05) is 30.3 Å². The van der Waals surface area contributed by atoms with Crippen molar-refractivity contribution in [3.8, 4) is 0 Å². The van der Waals surface area contributed by atoms with Gasteiger partial charge in [-0.3, -0.25) is 4.98 Å². The number of rotatable bonds is 7. The molecule has 1 aromatic heterocycles. The summed E-state index contributed by atoms with van der Waals surface area (Å²) in [5, 5.41) is 9.58. The van der Waals surface area contributed by atoms with Crippen LogP contribution in [0.25, 0.3) is 0 Å². The largest absolute Gasteiger partial charge is 0.392 e. The van der Waals surface area contributed by atoms with Gasteiger partial charge in [-0.2, -0.15) is 4.31 Å². The van der Waals surface area contributed by atoms with Crippen LogP contribution in [0.5, 0.6) is 0 Å². The highest BCUT2D eigenvalue weighted by Gasteiger charge is 2.29. The molecular weight excluding hydrogens is 352 g/mol. The summed E-state index contributed by atoms with van der Waals surface area (Å²) in [4.78, 5) is 4.06. The third-order valence-corrected chi connectivity index (χ3v) is 6.09. The van der Waals surface area contributed by atoms with E-state index in [2.05, 4.69) is 15.8 Å². The van der Waals surface area contributed by atoms with Crippen LogP contribution in [0.3, 0.4) is 0 Å². The van der Waals surface area contributed by atoms with Crippen LogP contribution >= 0.6 is 0 Å². The zero-order valence-corrected chi connectivity index (χ0v) is 15.1. The van der Waals surface area contributed by atoms with Gasteiger partial charge < -0.3 is 10.5 Å². The molecule has 0 aliphatic carbocycles. The van der Waals surface area contributed by atoms with Gasteiger partial charge in [0.25, 0.3) is 0 Å². The fourth-order valence-corrected chi connectivity index (χ4v) is 4.16. The number of hydrogen-bond donors (Lipinski definition) is 3. The average Bonchev–Trinajstić information content (AvgIpc) is 2.69. The highest BCUT2D eigenvalue weighted by molar-refractivity contribution is 7.89. The Labute approximate surface area is 153 Å². The van der Waals surface area contributed by atoms with E-state index in [1.54, 1.807) is 12.3 Å². The molecule has 1 aromatic carbocycles. The first kappa shape index (κ1) is 18.5. The van der Waals surface area contributed by atoms with Gasteiger partial charge in [-0.05, 0) is 29.7 Å². The maximum atomic E-state index is 12.8. The lowest BCUT2D eigenvalue weighted by Crippen LogP contribution is -2.44. The summed E-state index contributed by atoms with van der Waals surface area (Å²) < 4.78 is 26.9. The Morgan fingerprint density at radius 1 is 1.15 bits per heavy atom. The van der Waals surface area contributed by atoms with Crippen molar-refractivity contribution < 1.29 is 13.5 Å². The summed E-state index contributed by atoms with van der Waals surface area (Å²) in [5.41, 5.74) is 8.76. The number of aliphatic hydroxyl groups excluding tert-OH is 1. The summed E-state index contributed by atoms with van der Waals surface area (Å²) >= 11 is 0. The van der Waals surface area contributed by atoms with Crippen LogP contribution in [-0.4, -0.2) is 42.5 Å². The lowest BCUT2D eigenvalue weighted by atomic mass is 10.1. The predicted molar refractivity (Wildman–Crippen MR) is 98.1 cm³/mol. The summed E-state index contributed by atoms with van der Waals surface area (Å²) in [6, 6.07) is 13.0. The number of hydrogen-bond acceptors (Lipinski definition) is 6. The van der Waals surface area contributed by atoms with E-state index in [4.69, 9.17) is 0 Å². The molecule has 0 saturated heterocycles. The van der Waals surface area contributed by atoms with Crippen molar-refractivity contribution in [3.63, 3.8) is 0 Å². The number of aliphatic hydroxyl groups is 1. The number of benzene rings is 1. The summed E-state index contributed by atoms with van der Waals surface area (Å²) in [6.45, 7) is 0.987. The minimum Gasteiger partial charge on any atom is -0.392 e. The smallest absolute Gasteiger partial charge is 0.244 e. The molecule has 7 nitrogen and oxygen atoms in total. The molecule has 1 aliphatic rings. The summed E-state index contributed by atoms with van der Waals surface area (Å²) in [5.74, 6) is 0. The van der Waals surface area contributed by atoms with Gasteiger partial charge >= 0.3 is 0 Å². The summed E-state index contributed by atoms with van der Waals surface area (Å²) in [7, 11) is -3.62. The van der Waals surface area contributed by atoms with Gasteiger partial charge in [0.1, 0.15) is 4.90 Å². The molecule has 26 heavy (non-hydrogen) atoms. The molecule has 1 aliphatic heterocycles. The monoisotopic (exact) mass is 374 g/mol. The molecule has 0 radical (unpaired) electrons. The van der Waals surface area contributed by atoms with E-state index in [9.17, 15) is 13.5 Å². The van der Waals surface area contributed by atoms with Crippen LogP contribution in [-0.2, 0) is 16.6 Å². The van der Waals surface area contributed by atoms with Crippen molar-refractivity contribution in [2.45, 2.75) is 17.9 Å². The normalized spacial score (nSPS) is 15.9. The lowest BCUT2D eigenvalue weighted by Gasteiger charge is -2.30. The van der Waals surface area contributed by atoms with E-state index in [0.717, 1.165) is 11.1 Å². The van der Waals surface area contributed by atoms with Crippen LogP contribution in [0.2, 0.25) is 0 Å². The molecule has 3 N–H and O–H groups in total. The van der Waals surface area contributed by atoms with Gasteiger partial charge in [-0.25, -0.2) is 13.8 Å². The third-order valence-electron chi connectivity index (χ3n) is 4.26. The Balaban J connectivity index is 1.69. The number of pyridine rings is 1. The van der Waals surface area contributed by atoms with Gasteiger partial charge in [0, 0.05) is 31.2 Å². The molecular formula is C18H22N4O3S. The lowest BCUT2D eigenvalue weighted by molar-refractivity contribution is 0.305. The molecule has 0 bridgehead atoms. The molecule has 0 spiro atoms. The fourth-order valence-electron chi connectivity index (χ4n) is 2.78. The van der Waals surface area contributed by atoms with Gasteiger partial charge in [-0.15, -0.1) is 0 Å². The van der Waals surface area contributed by atoms with Gasteiger partial charge in [0.15, 0.2) is 0 Å². The van der Waals surface area contributed by atoms with E-state index < -0.39 is 10.0 Å². The first-order valence-corrected chi connectivity index (χ1v) is 9.80. The second kappa shape index (κ2) is 8.41. The minimum atomic E-state index is -3.62. The third kappa shape index (κ3) is 4.28. The highest BCUT2D eigenvalue weighted by Crippen LogP contribution is 2.22. The van der Waals surface area contributed by atoms with E-state index in [0.29, 0.717) is 25.2 Å². The molecule has 0 amide bonds. The molecule has 0 saturated carbocycles. The molecule has 0 fully saturated rings. The SMILES string of the molecule is O=S(=O)(c1cccnc1)N1CCC(CO)=C(NNCc2ccccc2)C1. The van der Waals surface area contributed by atoms with Crippen molar-refractivity contribution in [1.29, 1.82) is 0 Å². The van der Waals surface area contributed by atoms with Gasteiger partial charge in [0.05, 0.1) is 13.2 Å². The fraction of sp³-hybridized carbons (Fsp3) is 0.278. The quantitative estimate of drug-likeness (QED) is 0.627. The predicted octanol–water partition coefficient (Wildman–Crippen LogP) is 1.02. The minimum absolute atomic E-state index is 0.101. The number of sulfonamides is 1. The molecule has 8 heteroatoms. The zero-order valence-electron chi connectivity index (χ0n) is 14.3. The Kier molecular flexibility index (Phi) is 6.00. The van der Waals surface area contributed by atoms with E-state index in [1.165, 1.54) is 16.6 Å². The van der Waals surface area contributed by atoms with Crippen LogP contribution in [0.15, 0.2) is 71.0 Å². The number of nitrogens with one attached hydrogen (secondary N) is 2. The zero-order chi connectivity index (χ0) is 18.4. The van der Waals surface area contributed by atoms with Crippen molar-refractivity contribution >= 4 is 10.0 Å². The van der Waals surface area contributed by atoms with E-state index in [-0.39, 0.29) is 18.0 Å². The molecule has 2 heterocycles. The maximum Gasteiger partial charge on any atom is 0.244 e. The standard InChI is InChI=1S/C18H22N4O3S/c23-14-16-8-10-22(26(24,25)17-7-4-9-19-12-17)13-18(16)21-20-11-15-5-2-1-3-6-15/h1-7,9,12,20-21,23H,8,10-11,13-14H2. The topological polar surface area (TPSA) is 94.6 Å². The van der Waals surface area contributed by atoms with Crippen molar-refractivity contribution in [2.24, 2.45) is 0 Å². The van der Waals surface area contributed by atoms with E-state index in [1.807, 2.05) is 30.3 Å². The van der Waals surface area contributed by atoms with Crippen LogP contribution in [0, 0.1) is 0 Å². The average molecular weight is 374 g/mol. The molecule has 3 rings (SSSR count). The number of aromatic nitrogens is 1. The molecule has 0 unspecified atom stereocenters. The number of nitrogens with zero attached hydrogens (tertiary/aromatic N) is 2. The van der Waals surface area contributed by atoms with Crippen molar-refractivity contribution in [1.82, 2.24) is 20.1 Å². The van der Waals surface area contributed by atoms with E-state index >= 15 is 0 Å². The Bertz CT molecular complexity index is 855. The molecule has 2 aromatic rings. The summed E-state index contributed by atoms with van der Waals surface area (Å²) in [6.07, 6.45) is 3.37. The Morgan fingerprint density at radius 3 is 2.65 bits per heavy atom. The second-order valence-corrected chi connectivity index (χ2v) is 7.92. The van der Waals surface area contributed by atoms with Crippen LogP contribution < -0.4 is 10.9 Å². The Morgan fingerprint density at radius 2 is 1.96 bits per heavy atom. The molecule has 138 valence electrons. The first-order chi connectivity index (χ1) is 12.6.